The maximum absolute atomic E-state index is 5.45. The standard InChI is InChI=1S/C17H16O/c1-5-14-7-9-17(18-4)16(11-14)15-8-6-12(2)13(3)10-15/h1,6-11H,2-4H3. The van der Waals surface area contributed by atoms with Crippen molar-refractivity contribution in [2.75, 3.05) is 7.11 Å². The number of hydrogen-bond acceptors (Lipinski definition) is 1. The number of hydrogen-bond donors (Lipinski definition) is 0. The number of rotatable bonds is 2. The van der Waals surface area contributed by atoms with Gasteiger partial charge in [-0.05, 0) is 48.7 Å². The van der Waals surface area contributed by atoms with Gasteiger partial charge in [0.1, 0.15) is 5.75 Å². The van der Waals surface area contributed by atoms with Gasteiger partial charge < -0.3 is 4.74 Å². The zero-order valence-corrected chi connectivity index (χ0v) is 10.9. The Morgan fingerprint density at radius 2 is 1.78 bits per heavy atom. The molecule has 0 saturated heterocycles. The Kier molecular flexibility index (Phi) is 3.39. The van der Waals surface area contributed by atoms with E-state index in [2.05, 4.69) is 38.0 Å². The Morgan fingerprint density at radius 1 is 1.00 bits per heavy atom. The van der Waals surface area contributed by atoms with Crippen molar-refractivity contribution in [2.45, 2.75) is 13.8 Å². The third kappa shape index (κ3) is 2.24. The number of methoxy groups -OCH3 is 1. The summed E-state index contributed by atoms with van der Waals surface area (Å²) >= 11 is 0. The van der Waals surface area contributed by atoms with E-state index in [1.807, 2.05) is 18.2 Å². The quantitative estimate of drug-likeness (QED) is 0.717. The predicted octanol–water partition coefficient (Wildman–Crippen LogP) is 3.96. The first kappa shape index (κ1) is 12.3. The van der Waals surface area contributed by atoms with E-state index < -0.39 is 0 Å². The van der Waals surface area contributed by atoms with Crippen molar-refractivity contribution in [3.8, 4) is 29.2 Å². The van der Waals surface area contributed by atoms with E-state index in [9.17, 15) is 0 Å². The number of terminal acetylenes is 1. The second kappa shape index (κ2) is 4.98. The van der Waals surface area contributed by atoms with Gasteiger partial charge in [-0.3, -0.25) is 0 Å². The summed E-state index contributed by atoms with van der Waals surface area (Å²) in [5, 5.41) is 0. The molecule has 2 rings (SSSR count). The third-order valence-electron chi connectivity index (χ3n) is 3.18. The van der Waals surface area contributed by atoms with E-state index in [0.717, 1.165) is 22.4 Å². The first-order chi connectivity index (χ1) is 8.65. The van der Waals surface area contributed by atoms with Gasteiger partial charge in [0, 0.05) is 11.1 Å². The predicted molar refractivity (Wildman–Crippen MR) is 75.8 cm³/mol. The topological polar surface area (TPSA) is 9.23 Å². The highest BCUT2D eigenvalue weighted by Crippen LogP contribution is 2.31. The fraction of sp³-hybridized carbons (Fsp3) is 0.176. The van der Waals surface area contributed by atoms with Crippen LogP contribution < -0.4 is 4.74 Å². The molecule has 90 valence electrons. The molecule has 1 nitrogen and oxygen atoms in total. The van der Waals surface area contributed by atoms with Crippen molar-refractivity contribution in [3.05, 3.63) is 53.1 Å². The van der Waals surface area contributed by atoms with E-state index in [-0.39, 0.29) is 0 Å². The SMILES string of the molecule is C#Cc1ccc(OC)c(-c2ccc(C)c(C)c2)c1. The lowest BCUT2D eigenvalue weighted by atomic mass is 9.98. The summed E-state index contributed by atoms with van der Waals surface area (Å²) in [5.74, 6) is 3.50. The summed E-state index contributed by atoms with van der Waals surface area (Å²) in [7, 11) is 1.68. The molecule has 0 heterocycles. The van der Waals surface area contributed by atoms with Gasteiger partial charge in [-0.1, -0.05) is 24.1 Å². The highest BCUT2D eigenvalue weighted by molar-refractivity contribution is 5.73. The smallest absolute Gasteiger partial charge is 0.126 e. The minimum Gasteiger partial charge on any atom is -0.496 e. The van der Waals surface area contributed by atoms with Crippen molar-refractivity contribution < 1.29 is 4.74 Å². The van der Waals surface area contributed by atoms with Crippen molar-refractivity contribution in [2.24, 2.45) is 0 Å². The lowest BCUT2D eigenvalue weighted by Crippen LogP contribution is -1.90. The Morgan fingerprint density at radius 3 is 2.39 bits per heavy atom. The lowest BCUT2D eigenvalue weighted by molar-refractivity contribution is 0.416. The van der Waals surface area contributed by atoms with Crippen LogP contribution in [-0.2, 0) is 0 Å². The molecule has 0 bridgehead atoms. The maximum Gasteiger partial charge on any atom is 0.126 e. The molecule has 0 aliphatic rings. The molecule has 0 atom stereocenters. The molecule has 0 amide bonds. The highest BCUT2D eigenvalue weighted by atomic mass is 16.5. The van der Waals surface area contributed by atoms with Crippen LogP contribution in [0.2, 0.25) is 0 Å². The molecule has 0 saturated carbocycles. The zero-order chi connectivity index (χ0) is 13.1. The van der Waals surface area contributed by atoms with Crippen molar-refractivity contribution in [1.29, 1.82) is 0 Å². The van der Waals surface area contributed by atoms with Crippen molar-refractivity contribution >= 4 is 0 Å². The van der Waals surface area contributed by atoms with Crippen LogP contribution in [-0.4, -0.2) is 7.11 Å². The second-order valence-electron chi connectivity index (χ2n) is 4.36. The van der Waals surface area contributed by atoms with Crippen molar-refractivity contribution in [3.63, 3.8) is 0 Å². The molecule has 18 heavy (non-hydrogen) atoms. The first-order valence-corrected chi connectivity index (χ1v) is 5.88. The molecule has 0 aliphatic heterocycles. The zero-order valence-electron chi connectivity index (χ0n) is 10.9. The molecule has 0 unspecified atom stereocenters. The van der Waals surface area contributed by atoms with Crippen LogP contribution in [0.1, 0.15) is 16.7 Å². The largest absolute Gasteiger partial charge is 0.496 e. The summed E-state index contributed by atoms with van der Waals surface area (Å²) in [6, 6.07) is 12.2. The van der Waals surface area contributed by atoms with Gasteiger partial charge in [0.05, 0.1) is 7.11 Å². The fourth-order valence-electron chi connectivity index (χ4n) is 1.93. The molecule has 0 aromatic heterocycles. The molecular formula is C17H16O. The Labute approximate surface area is 108 Å². The van der Waals surface area contributed by atoms with Gasteiger partial charge in [-0.15, -0.1) is 6.42 Å². The molecular weight excluding hydrogens is 220 g/mol. The number of ether oxygens (including phenoxy) is 1. The summed E-state index contributed by atoms with van der Waals surface area (Å²) in [5.41, 5.74) is 5.58. The number of benzene rings is 2. The summed E-state index contributed by atoms with van der Waals surface area (Å²) in [6.45, 7) is 4.21. The normalized spacial score (nSPS) is 9.89. The average molecular weight is 236 g/mol. The van der Waals surface area contributed by atoms with Gasteiger partial charge in [0.15, 0.2) is 0 Å². The minimum absolute atomic E-state index is 0.845. The van der Waals surface area contributed by atoms with E-state index in [1.54, 1.807) is 7.11 Å². The van der Waals surface area contributed by atoms with Gasteiger partial charge in [0.25, 0.3) is 0 Å². The molecule has 2 aromatic carbocycles. The molecule has 0 N–H and O–H groups in total. The maximum atomic E-state index is 5.45. The summed E-state index contributed by atoms with van der Waals surface area (Å²) < 4.78 is 5.40. The second-order valence-corrected chi connectivity index (χ2v) is 4.36. The summed E-state index contributed by atoms with van der Waals surface area (Å²) in [4.78, 5) is 0. The van der Waals surface area contributed by atoms with Crippen LogP contribution in [0.25, 0.3) is 11.1 Å². The van der Waals surface area contributed by atoms with E-state index in [4.69, 9.17) is 11.2 Å². The third-order valence-corrected chi connectivity index (χ3v) is 3.18. The van der Waals surface area contributed by atoms with E-state index >= 15 is 0 Å². The van der Waals surface area contributed by atoms with Crippen molar-refractivity contribution in [1.82, 2.24) is 0 Å². The Balaban J connectivity index is 2.61. The highest BCUT2D eigenvalue weighted by Gasteiger charge is 2.07. The molecule has 2 aromatic rings. The van der Waals surface area contributed by atoms with Crippen LogP contribution in [0.15, 0.2) is 36.4 Å². The van der Waals surface area contributed by atoms with Gasteiger partial charge in [-0.25, -0.2) is 0 Å². The van der Waals surface area contributed by atoms with Crippen LogP contribution in [0.3, 0.4) is 0 Å². The van der Waals surface area contributed by atoms with Crippen LogP contribution in [0, 0.1) is 26.2 Å². The Hall–Kier alpha value is -2.20. The fourth-order valence-corrected chi connectivity index (χ4v) is 1.93. The van der Waals surface area contributed by atoms with Crippen LogP contribution >= 0.6 is 0 Å². The number of aryl methyl sites for hydroxylation is 2. The minimum atomic E-state index is 0.845. The lowest BCUT2D eigenvalue weighted by Gasteiger charge is -2.11. The van der Waals surface area contributed by atoms with Gasteiger partial charge in [0.2, 0.25) is 0 Å². The van der Waals surface area contributed by atoms with Gasteiger partial charge >= 0.3 is 0 Å². The average Bonchev–Trinajstić information content (AvgIpc) is 2.41. The molecule has 1 heteroatoms. The van der Waals surface area contributed by atoms with Crippen LogP contribution in [0.5, 0.6) is 5.75 Å². The monoisotopic (exact) mass is 236 g/mol. The first-order valence-electron chi connectivity index (χ1n) is 5.88. The van der Waals surface area contributed by atoms with Gasteiger partial charge in [-0.2, -0.15) is 0 Å². The van der Waals surface area contributed by atoms with Crippen LogP contribution in [0.4, 0.5) is 0 Å². The van der Waals surface area contributed by atoms with E-state index in [1.165, 1.54) is 11.1 Å². The summed E-state index contributed by atoms with van der Waals surface area (Å²) in [6.07, 6.45) is 5.45. The Bertz CT molecular complexity index is 618. The molecule has 0 radical (unpaired) electrons. The van der Waals surface area contributed by atoms with E-state index in [0.29, 0.717) is 0 Å². The molecule has 0 spiro atoms. The molecule has 0 aliphatic carbocycles. The molecule has 0 fully saturated rings.